The summed E-state index contributed by atoms with van der Waals surface area (Å²) in [5.41, 5.74) is 12.8. The molecule has 0 aromatic carbocycles. The molecule has 2 atom stereocenters. The van der Waals surface area contributed by atoms with Crippen LogP contribution in [0.3, 0.4) is 0 Å². The molecular weight excluding hydrogens is 1220 g/mol. The number of terminal acetylenes is 1. The predicted octanol–water partition coefficient (Wildman–Crippen LogP) is 5.26. The highest BCUT2D eigenvalue weighted by Gasteiger charge is 2.28. The SMILES string of the molecule is C#CCOCCOCCOCCNc1nc(N2CCN(C(=O)CCCCCCCCCCNC(=O)[C@@H](CCC(=O)O)n3cc(CCCCCN)nn3)CC2)nc(N2CCN(C(=O)CCCCCCCCCCNC(=O)[C@@H](CCC(=O)O)n3cc(CCCCCN)nn3)CC2)n1. The first-order valence-corrected chi connectivity index (χ1v) is 35.3. The molecule has 0 saturated carbocycles. The summed E-state index contributed by atoms with van der Waals surface area (Å²) in [6.07, 6.45) is 32.6. The molecular formula is C66H112N18O11. The number of unbranched alkanes of at least 4 members (excludes halogenated alkanes) is 18. The van der Waals surface area contributed by atoms with Gasteiger partial charge in [-0.3, -0.25) is 28.8 Å². The van der Waals surface area contributed by atoms with Crippen LogP contribution in [0.25, 0.3) is 0 Å². The van der Waals surface area contributed by atoms with Crippen LogP contribution in [0, 0.1) is 12.3 Å². The molecule has 0 bridgehead atoms. The average molecular weight is 1330 g/mol. The van der Waals surface area contributed by atoms with E-state index in [4.69, 9.17) is 47.1 Å². The number of nitrogens with one attached hydrogen (secondary N) is 3. The van der Waals surface area contributed by atoms with Gasteiger partial charge in [-0.2, -0.15) is 15.0 Å². The van der Waals surface area contributed by atoms with Crippen molar-refractivity contribution in [3.05, 3.63) is 23.8 Å². The van der Waals surface area contributed by atoms with E-state index in [1.807, 2.05) is 9.80 Å². The number of nitrogens with zero attached hydrogens (tertiary/aromatic N) is 13. The van der Waals surface area contributed by atoms with E-state index in [-0.39, 0.29) is 55.9 Å². The molecule has 2 aliphatic rings. The van der Waals surface area contributed by atoms with E-state index in [1.54, 1.807) is 12.4 Å². The van der Waals surface area contributed by atoms with Gasteiger partial charge in [0.1, 0.15) is 18.7 Å². The Hall–Kier alpha value is -7.13. The number of anilines is 3. The summed E-state index contributed by atoms with van der Waals surface area (Å²) in [5.74, 6) is 1.82. The highest BCUT2D eigenvalue weighted by atomic mass is 16.5. The molecule has 2 fully saturated rings. The Morgan fingerprint density at radius 3 is 1.28 bits per heavy atom. The van der Waals surface area contributed by atoms with Gasteiger partial charge in [-0.25, -0.2) is 9.36 Å². The molecule has 0 unspecified atom stereocenters. The Morgan fingerprint density at radius 2 is 0.874 bits per heavy atom. The van der Waals surface area contributed by atoms with Gasteiger partial charge in [0.25, 0.3) is 0 Å². The summed E-state index contributed by atoms with van der Waals surface area (Å²) in [5, 5.41) is 44.6. The fourth-order valence-corrected chi connectivity index (χ4v) is 11.4. The number of carbonyl (C=O) groups excluding carboxylic acids is 4. The van der Waals surface area contributed by atoms with Crippen LogP contribution in [0.2, 0.25) is 0 Å². The van der Waals surface area contributed by atoms with Crippen molar-refractivity contribution in [3.63, 3.8) is 0 Å². The maximum atomic E-state index is 13.4. The third-order valence-electron chi connectivity index (χ3n) is 17.0. The van der Waals surface area contributed by atoms with Gasteiger partial charge < -0.3 is 71.4 Å². The molecule has 29 heteroatoms. The van der Waals surface area contributed by atoms with Crippen molar-refractivity contribution in [1.82, 2.24) is 65.4 Å². The van der Waals surface area contributed by atoms with Crippen molar-refractivity contribution in [3.8, 4) is 12.3 Å². The lowest BCUT2D eigenvalue weighted by Crippen LogP contribution is -2.50. The van der Waals surface area contributed by atoms with Gasteiger partial charge >= 0.3 is 11.9 Å². The van der Waals surface area contributed by atoms with Crippen molar-refractivity contribution >= 4 is 53.4 Å². The van der Waals surface area contributed by atoms with Crippen molar-refractivity contribution in [2.75, 3.05) is 140 Å². The highest BCUT2D eigenvalue weighted by Crippen LogP contribution is 2.23. The molecule has 4 amide bonds. The van der Waals surface area contributed by atoms with Crippen LogP contribution in [0.5, 0.6) is 0 Å². The molecule has 3 aromatic rings. The number of nitrogens with two attached hydrogens (primary N) is 2. The normalized spacial score (nSPS) is 14.0. The molecule has 532 valence electrons. The third-order valence-corrected chi connectivity index (χ3v) is 17.0. The third kappa shape index (κ3) is 32.9. The molecule has 3 aromatic heterocycles. The number of ether oxygens (including phenoxy) is 3. The summed E-state index contributed by atoms with van der Waals surface area (Å²) in [4.78, 5) is 98.5. The summed E-state index contributed by atoms with van der Waals surface area (Å²) in [7, 11) is 0. The van der Waals surface area contributed by atoms with Crippen LogP contribution in [-0.4, -0.2) is 225 Å². The zero-order chi connectivity index (χ0) is 67.9. The van der Waals surface area contributed by atoms with Gasteiger partial charge in [0.15, 0.2) is 0 Å². The Labute approximate surface area is 562 Å². The number of hydrogen-bond acceptors (Lipinski definition) is 21. The molecule has 2 saturated heterocycles. The second kappa shape index (κ2) is 48.5. The lowest BCUT2D eigenvalue weighted by molar-refractivity contribution is -0.138. The van der Waals surface area contributed by atoms with E-state index in [2.05, 4.69) is 52.3 Å². The molecule has 95 heavy (non-hydrogen) atoms. The van der Waals surface area contributed by atoms with Gasteiger partial charge in [0.2, 0.25) is 41.5 Å². The second-order valence-corrected chi connectivity index (χ2v) is 24.6. The van der Waals surface area contributed by atoms with Crippen LogP contribution in [0.1, 0.15) is 203 Å². The summed E-state index contributed by atoms with van der Waals surface area (Å²) in [6, 6.07) is -1.46. The minimum absolute atomic E-state index is 0.135. The number of carboxylic acids is 2. The Morgan fingerprint density at radius 1 is 0.484 bits per heavy atom. The van der Waals surface area contributed by atoms with Crippen LogP contribution in [0.4, 0.5) is 17.8 Å². The molecule has 0 spiro atoms. The molecule has 5 rings (SSSR count). The number of hydrogen-bond donors (Lipinski definition) is 7. The van der Waals surface area contributed by atoms with Crippen LogP contribution in [-0.2, 0) is 55.8 Å². The Balaban J connectivity index is 0.957. The second-order valence-electron chi connectivity index (χ2n) is 24.6. The number of aromatic nitrogens is 9. The number of aryl methyl sites for hydroxylation is 2. The first-order chi connectivity index (χ1) is 46.4. The van der Waals surface area contributed by atoms with Gasteiger partial charge in [-0.05, 0) is 90.1 Å². The summed E-state index contributed by atoms with van der Waals surface area (Å²) in [6.45, 7) is 9.65. The van der Waals surface area contributed by atoms with Crippen LogP contribution >= 0.6 is 0 Å². The molecule has 2 aliphatic heterocycles. The minimum atomic E-state index is -0.963. The van der Waals surface area contributed by atoms with Crippen LogP contribution in [0.15, 0.2) is 12.4 Å². The molecule has 9 N–H and O–H groups in total. The maximum absolute atomic E-state index is 13.4. The van der Waals surface area contributed by atoms with Gasteiger partial charge in [0.05, 0.1) is 44.4 Å². The molecule has 0 radical (unpaired) electrons. The number of carboxylic acid groups (broad SMARTS) is 2. The van der Waals surface area contributed by atoms with E-state index >= 15 is 0 Å². The van der Waals surface area contributed by atoms with Gasteiger partial charge in [-0.1, -0.05) is 106 Å². The van der Waals surface area contributed by atoms with E-state index < -0.39 is 24.0 Å². The topological polar surface area (TPSA) is 372 Å². The number of amides is 4. The Kier molecular flexibility index (Phi) is 40.1. The smallest absolute Gasteiger partial charge is 0.303 e. The lowest BCUT2D eigenvalue weighted by atomic mass is 10.1. The van der Waals surface area contributed by atoms with E-state index in [1.165, 1.54) is 9.36 Å². The lowest BCUT2D eigenvalue weighted by Gasteiger charge is -2.36. The highest BCUT2D eigenvalue weighted by molar-refractivity contribution is 5.81. The monoisotopic (exact) mass is 1330 g/mol. The van der Waals surface area contributed by atoms with Crippen LogP contribution < -0.4 is 37.2 Å². The maximum Gasteiger partial charge on any atom is 0.303 e. The summed E-state index contributed by atoms with van der Waals surface area (Å²) >= 11 is 0. The van der Waals surface area contributed by atoms with Crippen molar-refractivity contribution < 1.29 is 53.2 Å². The predicted molar refractivity (Wildman–Crippen MR) is 361 cm³/mol. The summed E-state index contributed by atoms with van der Waals surface area (Å²) < 4.78 is 19.6. The van der Waals surface area contributed by atoms with Gasteiger partial charge in [-0.15, -0.1) is 16.6 Å². The van der Waals surface area contributed by atoms with E-state index in [0.717, 1.165) is 165 Å². The quantitative estimate of drug-likeness (QED) is 0.0280. The number of aliphatic carboxylic acids is 2. The molecule has 0 aliphatic carbocycles. The zero-order valence-electron chi connectivity index (χ0n) is 56.6. The zero-order valence-corrected chi connectivity index (χ0v) is 56.6. The number of rotatable bonds is 55. The first kappa shape index (κ1) is 78.6. The van der Waals surface area contributed by atoms with Crippen molar-refractivity contribution in [1.29, 1.82) is 0 Å². The largest absolute Gasteiger partial charge is 0.481 e. The molecule has 29 nitrogen and oxygen atoms in total. The fraction of sp³-hybridized carbons (Fsp3) is 0.773. The first-order valence-electron chi connectivity index (χ1n) is 35.3. The fourth-order valence-electron chi connectivity index (χ4n) is 11.4. The van der Waals surface area contributed by atoms with Crippen molar-refractivity contribution in [2.45, 2.75) is 205 Å². The average Bonchev–Trinajstić information content (AvgIpc) is 1.02. The molecule has 5 heterocycles. The minimum Gasteiger partial charge on any atom is -0.481 e. The van der Waals surface area contributed by atoms with E-state index in [9.17, 15) is 39.0 Å². The number of carbonyl (C=O) groups is 6. The van der Waals surface area contributed by atoms with Gasteiger partial charge in [0, 0.05) is 110 Å². The Bertz CT molecular complexity index is 2520. The van der Waals surface area contributed by atoms with Crippen molar-refractivity contribution in [2.24, 2.45) is 11.5 Å². The standard InChI is InChI=1S/C66H112N18O11/c1-2-46-93-48-50-95-51-49-94-47-37-71-64-72-65(81-42-38-79(39-43-81)58(85)27-19-11-7-3-5-9-13-23-35-69-62(91)56(29-31-60(87)88)83-52-54(75-77-83)25-17-15-21-33-67)74-66(73-64)82-44-40-80(41-45-82)59(86)28-20-12-8-4-6-10-14-24-36-70-63(92)57(30-32-61(89)90)84-53-55(76-78-84)26-18-16-22-34-68/h1,52-53,56-57H,3-51,67-68H2,(H,69,91)(H,70,92)(H,87,88)(H,89,90)(H,71,72,73,74)/t56-,57-/m1/s1. The number of piperazine rings is 2. The van der Waals surface area contributed by atoms with E-state index in [0.29, 0.717) is 149 Å².